The third kappa shape index (κ3) is 8.00. The molecule has 274 valence electrons. The molecule has 2 aliphatic rings. The molecular formula is C35H44N6O9S. The Morgan fingerprint density at radius 1 is 0.843 bits per heavy atom. The summed E-state index contributed by atoms with van der Waals surface area (Å²) in [7, 11) is 7.55. The number of nitrogens with one attached hydrogen (secondary N) is 1. The van der Waals surface area contributed by atoms with Gasteiger partial charge >= 0.3 is 0 Å². The van der Waals surface area contributed by atoms with E-state index >= 15 is 0 Å². The molecule has 1 N–H and O–H groups in total. The topological polar surface area (TPSA) is 162 Å². The van der Waals surface area contributed by atoms with Crippen LogP contribution >= 0.6 is 11.8 Å². The van der Waals surface area contributed by atoms with Gasteiger partial charge in [-0.1, -0.05) is 18.7 Å². The lowest BCUT2D eigenvalue weighted by atomic mass is 10.1. The van der Waals surface area contributed by atoms with Crippen LogP contribution in [0, 0.1) is 5.92 Å². The van der Waals surface area contributed by atoms with E-state index < -0.39 is 12.0 Å². The van der Waals surface area contributed by atoms with Crippen molar-refractivity contribution in [1.82, 2.24) is 19.8 Å². The number of ether oxygens (including phenoxy) is 5. The summed E-state index contributed by atoms with van der Waals surface area (Å²) in [6.45, 7) is 5.29. The second-order valence-electron chi connectivity index (χ2n) is 12.2. The van der Waals surface area contributed by atoms with Crippen LogP contribution in [0.3, 0.4) is 0 Å². The molecule has 3 amide bonds. The SMILES string of the molecule is COc1cc2nc(N3CCN(C(=O)c4cc(OC)c(OC)c(OC)c4)CC3)nc(NC(=O)[C@@H]3CCCN3C(=O)C(C)CSC(C)=O)c2cc1OC. The number of thioether (sulfide) groups is 1. The lowest BCUT2D eigenvalue weighted by Gasteiger charge is -2.35. The number of hydrogen-bond donors (Lipinski definition) is 1. The summed E-state index contributed by atoms with van der Waals surface area (Å²) in [5.74, 6) is 1.89. The normalized spacial score (nSPS) is 16.5. The molecule has 5 rings (SSSR count). The van der Waals surface area contributed by atoms with Gasteiger partial charge in [-0.3, -0.25) is 19.2 Å². The van der Waals surface area contributed by atoms with Crippen LogP contribution in [0.2, 0.25) is 0 Å². The first kappa shape index (κ1) is 37.3. The third-order valence-corrected chi connectivity index (χ3v) is 10.1. The van der Waals surface area contributed by atoms with Gasteiger partial charge in [0.1, 0.15) is 11.9 Å². The van der Waals surface area contributed by atoms with Crippen molar-refractivity contribution in [3.63, 3.8) is 0 Å². The highest BCUT2D eigenvalue weighted by molar-refractivity contribution is 8.13. The summed E-state index contributed by atoms with van der Waals surface area (Å²) in [6.07, 6.45) is 1.18. The Morgan fingerprint density at radius 3 is 2.06 bits per heavy atom. The van der Waals surface area contributed by atoms with Gasteiger partial charge in [0.2, 0.25) is 23.5 Å². The first-order chi connectivity index (χ1) is 24.5. The fourth-order valence-corrected chi connectivity index (χ4v) is 6.90. The Bertz CT molecular complexity index is 1770. The second-order valence-corrected chi connectivity index (χ2v) is 13.4. The van der Waals surface area contributed by atoms with E-state index in [0.29, 0.717) is 102 Å². The van der Waals surface area contributed by atoms with Crippen molar-refractivity contribution in [1.29, 1.82) is 0 Å². The molecule has 15 nitrogen and oxygen atoms in total. The van der Waals surface area contributed by atoms with Crippen molar-refractivity contribution >= 4 is 57.3 Å². The molecule has 0 radical (unpaired) electrons. The van der Waals surface area contributed by atoms with Gasteiger partial charge < -0.3 is 43.7 Å². The molecule has 0 aliphatic carbocycles. The molecular weight excluding hydrogens is 680 g/mol. The molecule has 0 spiro atoms. The van der Waals surface area contributed by atoms with E-state index in [-0.39, 0.29) is 28.7 Å². The number of carbonyl (C=O) groups is 4. The summed E-state index contributed by atoms with van der Waals surface area (Å²) in [6, 6.07) is 5.99. The number of aromatic nitrogens is 2. The van der Waals surface area contributed by atoms with Crippen LogP contribution in [0.25, 0.3) is 10.9 Å². The van der Waals surface area contributed by atoms with E-state index in [1.165, 1.54) is 42.5 Å². The minimum atomic E-state index is -0.694. The zero-order valence-corrected chi connectivity index (χ0v) is 30.8. The van der Waals surface area contributed by atoms with Crippen LogP contribution < -0.4 is 33.9 Å². The molecule has 2 aromatic carbocycles. The number of carbonyl (C=O) groups excluding carboxylic acids is 4. The van der Waals surface area contributed by atoms with Gasteiger partial charge in [0.25, 0.3) is 5.91 Å². The number of anilines is 2. The first-order valence-electron chi connectivity index (χ1n) is 16.6. The maximum Gasteiger partial charge on any atom is 0.254 e. The number of amides is 3. The minimum absolute atomic E-state index is 0.0598. The highest BCUT2D eigenvalue weighted by Gasteiger charge is 2.37. The number of fused-ring (bicyclic) bond motifs is 1. The third-order valence-electron chi connectivity index (χ3n) is 8.99. The molecule has 2 saturated heterocycles. The van der Waals surface area contributed by atoms with Crippen LogP contribution in [0.4, 0.5) is 11.8 Å². The zero-order valence-electron chi connectivity index (χ0n) is 29.9. The lowest BCUT2D eigenvalue weighted by Crippen LogP contribution is -2.49. The molecule has 0 saturated carbocycles. The predicted molar refractivity (Wildman–Crippen MR) is 193 cm³/mol. The molecule has 2 atom stereocenters. The average molecular weight is 725 g/mol. The Morgan fingerprint density at radius 2 is 1.47 bits per heavy atom. The lowest BCUT2D eigenvalue weighted by molar-refractivity contribution is -0.139. The van der Waals surface area contributed by atoms with Crippen LogP contribution in [0.15, 0.2) is 24.3 Å². The van der Waals surface area contributed by atoms with E-state index in [1.54, 1.807) is 41.0 Å². The van der Waals surface area contributed by atoms with Gasteiger partial charge in [-0.2, -0.15) is 4.98 Å². The van der Waals surface area contributed by atoms with Crippen molar-refractivity contribution in [3.8, 4) is 28.7 Å². The van der Waals surface area contributed by atoms with Crippen molar-refractivity contribution in [2.75, 3.05) is 84.2 Å². The Labute approximate surface area is 300 Å². The van der Waals surface area contributed by atoms with Crippen LogP contribution in [-0.4, -0.2) is 123 Å². The summed E-state index contributed by atoms with van der Waals surface area (Å²) >= 11 is 1.10. The standard InChI is InChI=1S/C35H44N6O9S/c1-20(19-51-21(2)42)33(44)41-10-8-9-25(41)32(43)37-31-23-17-26(46-3)27(47-4)18-24(23)36-35(38-31)40-13-11-39(12-14-40)34(45)22-15-28(48-5)30(50-7)29(16-22)49-6/h15-18,20,25H,8-14,19H2,1-7H3,(H,36,37,38,43)/t20?,25-/m0/s1. The fraction of sp³-hybridized carbons (Fsp3) is 0.486. The van der Waals surface area contributed by atoms with E-state index in [2.05, 4.69) is 5.32 Å². The van der Waals surface area contributed by atoms with Crippen LogP contribution in [0.5, 0.6) is 28.7 Å². The second kappa shape index (κ2) is 16.4. The Kier molecular flexibility index (Phi) is 12.0. The van der Waals surface area contributed by atoms with E-state index in [0.717, 1.165) is 11.8 Å². The highest BCUT2D eigenvalue weighted by Crippen LogP contribution is 2.39. The molecule has 16 heteroatoms. The number of likely N-dealkylation sites (tertiary alicyclic amines) is 1. The predicted octanol–water partition coefficient (Wildman–Crippen LogP) is 3.48. The minimum Gasteiger partial charge on any atom is -0.493 e. The monoisotopic (exact) mass is 724 g/mol. The van der Waals surface area contributed by atoms with Gasteiger partial charge in [-0.25, -0.2) is 4.98 Å². The van der Waals surface area contributed by atoms with Crippen molar-refractivity contribution < 1.29 is 42.9 Å². The fourth-order valence-electron chi connectivity index (χ4n) is 6.28. The van der Waals surface area contributed by atoms with Gasteiger partial charge in [-0.05, 0) is 31.0 Å². The van der Waals surface area contributed by atoms with E-state index in [4.69, 9.17) is 33.7 Å². The van der Waals surface area contributed by atoms with Crippen molar-refractivity contribution in [2.24, 2.45) is 5.92 Å². The highest BCUT2D eigenvalue weighted by atomic mass is 32.2. The molecule has 1 aromatic heterocycles. The van der Waals surface area contributed by atoms with Gasteiger partial charge in [-0.15, -0.1) is 0 Å². The van der Waals surface area contributed by atoms with Gasteiger partial charge in [0.15, 0.2) is 28.1 Å². The summed E-state index contributed by atoms with van der Waals surface area (Å²) in [4.78, 5) is 67.1. The van der Waals surface area contributed by atoms with Crippen LogP contribution in [-0.2, 0) is 14.4 Å². The molecule has 3 aromatic rings. The number of rotatable bonds is 12. The number of hydrogen-bond acceptors (Lipinski definition) is 13. The number of nitrogens with zero attached hydrogens (tertiary/aromatic N) is 5. The largest absolute Gasteiger partial charge is 0.493 e. The van der Waals surface area contributed by atoms with Gasteiger partial charge in [0.05, 0.1) is 41.1 Å². The maximum absolute atomic E-state index is 13.8. The average Bonchev–Trinajstić information content (AvgIpc) is 3.65. The van der Waals surface area contributed by atoms with E-state index in [9.17, 15) is 19.2 Å². The smallest absolute Gasteiger partial charge is 0.254 e. The van der Waals surface area contributed by atoms with E-state index in [1.807, 2.05) is 4.90 Å². The quantitative estimate of drug-likeness (QED) is 0.289. The number of methoxy groups -OCH3 is 5. The summed E-state index contributed by atoms with van der Waals surface area (Å²) in [5.41, 5.74) is 0.912. The number of benzene rings is 2. The van der Waals surface area contributed by atoms with Crippen LogP contribution in [0.1, 0.15) is 37.0 Å². The molecule has 51 heavy (non-hydrogen) atoms. The molecule has 2 fully saturated rings. The maximum atomic E-state index is 13.8. The Balaban J connectivity index is 1.39. The number of piperazine rings is 1. The summed E-state index contributed by atoms with van der Waals surface area (Å²) in [5, 5.41) is 3.45. The molecule has 1 unspecified atom stereocenters. The van der Waals surface area contributed by atoms with Crippen molar-refractivity contribution in [2.45, 2.75) is 32.7 Å². The first-order valence-corrected chi connectivity index (χ1v) is 17.5. The Hall–Kier alpha value is -4.99. The van der Waals surface area contributed by atoms with Crippen molar-refractivity contribution in [3.05, 3.63) is 29.8 Å². The molecule has 0 bridgehead atoms. The molecule has 3 heterocycles. The zero-order chi connectivity index (χ0) is 36.8. The van der Waals surface area contributed by atoms with Gasteiger partial charge in [0, 0.05) is 68.3 Å². The summed E-state index contributed by atoms with van der Waals surface area (Å²) < 4.78 is 27.3. The molecule has 2 aliphatic heterocycles.